The van der Waals surface area contributed by atoms with Crippen molar-refractivity contribution < 1.29 is 4.79 Å². The molecule has 0 N–H and O–H groups in total. The van der Waals surface area contributed by atoms with Gasteiger partial charge in [0.25, 0.3) is 0 Å². The van der Waals surface area contributed by atoms with Crippen LogP contribution in [0.5, 0.6) is 0 Å². The minimum Gasteiger partial charge on any atom is -0.298 e. The van der Waals surface area contributed by atoms with Crippen molar-refractivity contribution in [3.8, 4) is 11.4 Å². The second kappa shape index (κ2) is 9.98. The van der Waals surface area contributed by atoms with Gasteiger partial charge in [-0.1, -0.05) is 105 Å². The zero-order chi connectivity index (χ0) is 24.3. The monoisotopic (exact) mass is 469 g/mol. The fourth-order valence-corrected chi connectivity index (χ4v) is 4.70. The van der Waals surface area contributed by atoms with Gasteiger partial charge in [-0.15, -0.1) is 10.2 Å². The van der Waals surface area contributed by atoms with Crippen molar-refractivity contribution >= 4 is 17.5 Å². The standard InChI is InChI=1S/C29H31N3OS/c1-20-11-12-21(2)25(17-20)26(33)19-34-28-31-30-27(32(28)18-22-9-7-6-8-10-22)23-13-15-24(16-14-23)29(3,4)5/h6-17H,18-19H2,1-5H3. The van der Waals surface area contributed by atoms with Gasteiger partial charge in [-0.25, -0.2) is 0 Å². The van der Waals surface area contributed by atoms with E-state index in [0.29, 0.717) is 12.3 Å². The van der Waals surface area contributed by atoms with Crippen LogP contribution in [0.3, 0.4) is 0 Å². The number of aromatic nitrogens is 3. The van der Waals surface area contributed by atoms with E-state index in [0.717, 1.165) is 38.8 Å². The van der Waals surface area contributed by atoms with Crippen LogP contribution in [0.25, 0.3) is 11.4 Å². The third-order valence-corrected chi connectivity index (χ3v) is 6.90. The van der Waals surface area contributed by atoms with Crippen LogP contribution in [-0.4, -0.2) is 26.3 Å². The van der Waals surface area contributed by atoms with Gasteiger partial charge in [0.1, 0.15) is 0 Å². The Labute approximate surface area is 206 Å². The number of ketones is 1. The highest BCUT2D eigenvalue weighted by Gasteiger charge is 2.19. The van der Waals surface area contributed by atoms with Gasteiger partial charge in [-0.05, 0) is 42.0 Å². The Morgan fingerprint density at radius 2 is 1.62 bits per heavy atom. The smallest absolute Gasteiger partial charge is 0.192 e. The highest BCUT2D eigenvalue weighted by molar-refractivity contribution is 7.99. The summed E-state index contributed by atoms with van der Waals surface area (Å²) in [6.07, 6.45) is 0. The van der Waals surface area contributed by atoms with Gasteiger partial charge in [-0.2, -0.15) is 0 Å². The van der Waals surface area contributed by atoms with E-state index in [1.807, 2.05) is 50.2 Å². The first kappa shape index (κ1) is 24.0. The second-order valence-corrected chi connectivity index (χ2v) is 10.7. The summed E-state index contributed by atoms with van der Waals surface area (Å²) in [6, 6.07) is 24.8. The van der Waals surface area contributed by atoms with Gasteiger partial charge in [0.05, 0.1) is 12.3 Å². The minimum atomic E-state index is 0.0888. The highest BCUT2D eigenvalue weighted by atomic mass is 32.2. The fourth-order valence-electron chi connectivity index (χ4n) is 3.88. The van der Waals surface area contributed by atoms with Gasteiger partial charge >= 0.3 is 0 Å². The molecule has 0 fully saturated rings. The summed E-state index contributed by atoms with van der Waals surface area (Å²) in [5.41, 5.74) is 6.42. The maximum Gasteiger partial charge on any atom is 0.192 e. The summed E-state index contributed by atoms with van der Waals surface area (Å²) in [5.74, 6) is 1.24. The molecule has 0 bridgehead atoms. The fraction of sp³-hybridized carbons (Fsp3) is 0.276. The number of aryl methyl sites for hydroxylation is 2. The molecule has 1 heterocycles. The largest absolute Gasteiger partial charge is 0.298 e. The Morgan fingerprint density at radius 1 is 0.912 bits per heavy atom. The summed E-state index contributed by atoms with van der Waals surface area (Å²) in [5, 5.41) is 9.77. The zero-order valence-electron chi connectivity index (χ0n) is 20.5. The van der Waals surface area contributed by atoms with Crippen molar-refractivity contribution in [2.45, 2.75) is 51.7 Å². The SMILES string of the molecule is Cc1ccc(C)c(C(=O)CSc2nnc(-c3ccc(C(C)(C)C)cc3)n2Cc2ccccc2)c1. The van der Waals surface area contributed by atoms with E-state index in [9.17, 15) is 4.79 Å². The van der Waals surface area contributed by atoms with Gasteiger partial charge in [0.2, 0.25) is 0 Å². The molecule has 34 heavy (non-hydrogen) atoms. The Hall–Kier alpha value is -3.18. The van der Waals surface area contributed by atoms with Crippen molar-refractivity contribution in [3.63, 3.8) is 0 Å². The quantitative estimate of drug-likeness (QED) is 0.219. The van der Waals surface area contributed by atoms with Crippen LogP contribution in [0, 0.1) is 13.8 Å². The third kappa shape index (κ3) is 5.48. The molecule has 0 aliphatic heterocycles. The summed E-state index contributed by atoms with van der Waals surface area (Å²) < 4.78 is 2.11. The van der Waals surface area contributed by atoms with E-state index in [2.05, 4.69) is 71.9 Å². The predicted molar refractivity (Wildman–Crippen MR) is 141 cm³/mol. The lowest BCUT2D eigenvalue weighted by Gasteiger charge is -2.19. The molecule has 0 saturated heterocycles. The van der Waals surface area contributed by atoms with Crippen molar-refractivity contribution in [1.82, 2.24) is 14.8 Å². The van der Waals surface area contributed by atoms with E-state index < -0.39 is 0 Å². The number of nitrogens with zero attached hydrogens (tertiary/aromatic N) is 3. The normalized spacial score (nSPS) is 11.6. The molecule has 4 aromatic rings. The average Bonchev–Trinajstić information content (AvgIpc) is 3.21. The Balaban J connectivity index is 1.64. The van der Waals surface area contributed by atoms with Crippen molar-refractivity contribution in [1.29, 1.82) is 0 Å². The van der Waals surface area contributed by atoms with Crippen LogP contribution >= 0.6 is 11.8 Å². The van der Waals surface area contributed by atoms with E-state index in [1.165, 1.54) is 17.3 Å². The molecule has 4 rings (SSSR count). The molecule has 0 aliphatic carbocycles. The molecule has 0 saturated carbocycles. The van der Waals surface area contributed by atoms with E-state index in [1.54, 1.807) is 0 Å². The third-order valence-electron chi connectivity index (χ3n) is 5.94. The molecule has 0 amide bonds. The van der Waals surface area contributed by atoms with Gasteiger partial charge in [0, 0.05) is 11.1 Å². The van der Waals surface area contributed by atoms with Crippen molar-refractivity contribution in [2.75, 3.05) is 5.75 Å². The molecule has 3 aromatic carbocycles. The average molecular weight is 470 g/mol. The van der Waals surface area contributed by atoms with Gasteiger partial charge < -0.3 is 0 Å². The van der Waals surface area contributed by atoms with Gasteiger partial charge in [-0.3, -0.25) is 9.36 Å². The van der Waals surface area contributed by atoms with Gasteiger partial charge in [0.15, 0.2) is 16.8 Å². The number of thioether (sulfide) groups is 1. The van der Waals surface area contributed by atoms with Crippen LogP contribution in [-0.2, 0) is 12.0 Å². The lowest BCUT2D eigenvalue weighted by Crippen LogP contribution is -2.11. The van der Waals surface area contributed by atoms with Crippen LogP contribution < -0.4 is 0 Å². The Morgan fingerprint density at radius 3 is 2.29 bits per heavy atom. The number of Topliss-reactive ketones (excluding diaryl/α,β-unsaturated/α-hetero) is 1. The molecule has 5 heteroatoms. The van der Waals surface area contributed by atoms with Crippen LogP contribution in [0.4, 0.5) is 0 Å². The molecular weight excluding hydrogens is 438 g/mol. The van der Waals surface area contributed by atoms with Crippen molar-refractivity contribution in [3.05, 3.63) is 101 Å². The molecule has 4 nitrogen and oxygen atoms in total. The van der Waals surface area contributed by atoms with E-state index >= 15 is 0 Å². The molecule has 0 spiro atoms. The molecule has 0 radical (unpaired) electrons. The Kier molecular flexibility index (Phi) is 7.03. The Bertz CT molecular complexity index is 1290. The maximum atomic E-state index is 13.0. The topological polar surface area (TPSA) is 47.8 Å². The highest BCUT2D eigenvalue weighted by Crippen LogP contribution is 2.29. The van der Waals surface area contributed by atoms with Crippen LogP contribution in [0.2, 0.25) is 0 Å². The molecule has 1 aromatic heterocycles. The minimum absolute atomic E-state index is 0.0888. The lowest BCUT2D eigenvalue weighted by atomic mass is 9.87. The molecule has 0 aliphatic rings. The summed E-state index contributed by atoms with van der Waals surface area (Å²) in [7, 11) is 0. The lowest BCUT2D eigenvalue weighted by molar-refractivity contribution is 0.102. The van der Waals surface area contributed by atoms with E-state index in [4.69, 9.17) is 0 Å². The number of hydrogen-bond acceptors (Lipinski definition) is 4. The maximum absolute atomic E-state index is 13.0. The number of hydrogen-bond donors (Lipinski definition) is 0. The number of benzene rings is 3. The second-order valence-electron chi connectivity index (χ2n) is 9.74. The predicted octanol–water partition coefficient (Wildman–Crippen LogP) is 6.88. The first-order valence-electron chi connectivity index (χ1n) is 11.5. The summed E-state index contributed by atoms with van der Waals surface area (Å²) in [6.45, 7) is 11.3. The summed E-state index contributed by atoms with van der Waals surface area (Å²) >= 11 is 1.45. The number of carbonyl (C=O) groups is 1. The molecular formula is C29H31N3OS. The number of rotatable bonds is 7. The molecule has 174 valence electrons. The zero-order valence-corrected chi connectivity index (χ0v) is 21.3. The molecule has 0 atom stereocenters. The van der Waals surface area contributed by atoms with Crippen LogP contribution in [0.1, 0.15) is 53.4 Å². The summed E-state index contributed by atoms with van der Waals surface area (Å²) in [4.78, 5) is 13.0. The molecule has 0 unspecified atom stereocenters. The van der Waals surface area contributed by atoms with Crippen molar-refractivity contribution in [2.24, 2.45) is 0 Å². The first-order valence-corrected chi connectivity index (χ1v) is 12.5. The number of carbonyl (C=O) groups excluding carboxylic acids is 1. The van der Waals surface area contributed by atoms with E-state index in [-0.39, 0.29) is 11.2 Å². The first-order chi connectivity index (χ1) is 16.2. The van der Waals surface area contributed by atoms with Crippen LogP contribution in [0.15, 0.2) is 78.0 Å².